The molecule has 2 amide bonds. The van der Waals surface area contributed by atoms with Gasteiger partial charge in [-0.1, -0.05) is 18.9 Å². The van der Waals surface area contributed by atoms with Gasteiger partial charge in [0.15, 0.2) is 0 Å². The molecular formula is C16H22N4O. The van der Waals surface area contributed by atoms with Crippen LogP contribution >= 0.6 is 0 Å². The molecular weight excluding hydrogens is 264 g/mol. The van der Waals surface area contributed by atoms with E-state index in [-0.39, 0.29) is 6.03 Å². The third-order valence-corrected chi connectivity index (χ3v) is 4.18. The van der Waals surface area contributed by atoms with Crippen LogP contribution in [0.5, 0.6) is 0 Å². The van der Waals surface area contributed by atoms with Crippen LogP contribution in [-0.4, -0.2) is 28.2 Å². The smallest absolute Gasteiger partial charge is 0.315 e. The first-order valence-electron chi connectivity index (χ1n) is 7.67. The largest absolute Gasteiger partial charge is 0.338 e. The molecule has 5 heteroatoms. The van der Waals surface area contributed by atoms with Crippen LogP contribution in [0.2, 0.25) is 0 Å². The number of imidazole rings is 1. The number of fused-ring (bicyclic) bond motifs is 1. The van der Waals surface area contributed by atoms with Crippen LogP contribution in [0.15, 0.2) is 24.5 Å². The molecule has 1 aliphatic rings. The van der Waals surface area contributed by atoms with Gasteiger partial charge in [-0.25, -0.2) is 9.78 Å². The van der Waals surface area contributed by atoms with E-state index < -0.39 is 0 Å². The van der Waals surface area contributed by atoms with E-state index in [0.29, 0.717) is 12.6 Å². The minimum absolute atomic E-state index is 0.0409. The maximum absolute atomic E-state index is 11.8. The summed E-state index contributed by atoms with van der Waals surface area (Å²) in [7, 11) is 1.99. The lowest BCUT2D eigenvalue weighted by molar-refractivity contribution is 0.237. The highest BCUT2D eigenvalue weighted by Gasteiger charge is 2.16. The number of nitrogens with zero attached hydrogens (tertiary/aromatic N) is 2. The molecule has 0 saturated heterocycles. The Morgan fingerprint density at radius 1 is 1.38 bits per heavy atom. The van der Waals surface area contributed by atoms with Crippen molar-refractivity contribution in [1.29, 1.82) is 0 Å². The van der Waals surface area contributed by atoms with Gasteiger partial charge >= 0.3 is 6.03 Å². The first-order valence-corrected chi connectivity index (χ1v) is 7.67. The predicted octanol–water partition coefficient (Wildman–Crippen LogP) is 2.36. The molecule has 2 aromatic rings. The Morgan fingerprint density at radius 3 is 3.00 bits per heavy atom. The van der Waals surface area contributed by atoms with Gasteiger partial charge in [-0.2, -0.15) is 0 Å². The highest BCUT2D eigenvalue weighted by molar-refractivity contribution is 5.76. The van der Waals surface area contributed by atoms with Crippen LogP contribution in [0, 0.1) is 0 Å². The van der Waals surface area contributed by atoms with Crippen molar-refractivity contribution in [3.63, 3.8) is 0 Å². The molecule has 1 heterocycles. The number of urea groups is 1. The van der Waals surface area contributed by atoms with Crippen LogP contribution in [0.3, 0.4) is 0 Å². The zero-order valence-corrected chi connectivity index (χ0v) is 12.4. The first kappa shape index (κ1) is 13.9. The van der Waals surface area contributed by atoms with Gasteiger partial charge in [0, 0.05) is 19.6 Å². The van der Waals surface area contributed by atoms with Crippen molar-refractivity contribution in [3.05, 3.63) is 30.1 Å². The summed E-state index contributed by atoms with van der Waals surface area (Å²) >= 11 is 0. The lowest BCUT2D eigenvalue weighted by Gasteiger charge is -2.12. The summed E-state index contributed by atoms with van der Waals surface area (Å²) in [6, 6.07) is 6.60. The Labute approximate surface area is 124 Å². The normalized spacial score (nSPS) is 15.5. The number of hydrogen-bond donors (Lipinski definition) is 2. The number of carbonyl (C=O) groups is 1. The lowest BCUT2D eigenvalue weighted by atomic mass is 10.1. The van der Waals surface area contributed by atoms with E-state index in [1.54, 1.807) is 0 Å². The Kier molecular flexibility index (Phi) is 4.08. The van der Waals surface area contributed by atoms with Crippen molar-refractivity contribution in [3.8, 4) is 0 Å². The van der Waals surface area contributed by atoms with Crippen LogP contribution < -0.4 is 10.6 Å². The second-order valence-corrected chi connectivity index (χ2v) is 5.81. The van der Waals surface area contributed by atoms with Crippen molar-refractivity contribution >= 4 is 17.1 Å². The topological polar surface area (TPSA) is 59.0 Å². The highest BCUT2D eigenvalue weighted by atomic mass is 16.2. The number of aromatic nitrogens is 2. The summed E-state index contributed by atoms with van der Waals surface area (Å²) in [6.07, 6.45) is 7.34. The Bertz CT molecular complexity index is 628. The maximum Gasteiger partial charge on any atom is 0.315 e. The van der Waals surface area contributed by atoms with Crippen molar-refractivity contribution in [2.75, 3.05) is 6.54 Å². The molecule has 0 unspecified atom stereocenters. The molecule has 112 valence electrons. The number of benzene rings is 1. The quantitative estimate of drug-likeness (QED) is 0.906. The Balaban J connectivity index is 1.48. The predicted molar refractivity (Wildman–Crippen MR) is 83.2 cm³/mol. The second kappa shape index (κ2) is 6.16. The van der Waals surface area contributed by atoms with Gasteiger partial charge in [0.1, 0.15) is 0 Å². The van der Waals surface area contributed by atoms with Gasteiger partial charge in [0.2, 0.25) is 0 Å². The summed E-state index contributed by atoms with van der Waals surface area (Å²) in [4.78, 5) is 16.1. The minimum atomic E-state index is -0.0409. The van der Waals surface area contributed by atoms with Crippen molar-refractivity contribution in [2.24, 2.45) is 7.05 Å². The SMILES string of the molecule is Cn1cnc2cc(CCNC(=O)NC3CCCC3)ccc21. The first-order chi connectivity index (χ1) is 10.2. The van der Waals surface area contributed by atoms with Gasteiger partial charge in [0.25, 0.3) is 0 Å². The van der Waals surface area contributed by atoms with E-state index in [4.69, 9.17) is 0 Å². The third-order valence-electron chi connectivity index (χ3n) is 4.18. The summed E-state index contributed by atoms with van der Waals surface area (Å²) in [5.41, 5.74) is 3.33. The zero-order valence-electron chi connectivity index (χ0n) is 12.4. The van der Waals surface area contributed by atoms with E-state index in [1.165, 1.54) is 18.4 Å². The molecule has 1 fully saturated rings. The van der Waals surface area contributed by atoms with Crippen molar-refractivity contribution in [1.82, 2.24) is 20.2 Å². The maximum atomic E-state index is 11.8. The molecule has 1 aromatic carbocycles. The van der Waals surface area contributed by atoms with Gasteiger partial charge in [-0.15, -0.1) is 0 Å². The molecule has 0 spiro atoms. The summed E-state index contributed by atoms with van der Waals surface area (Å²) in [5, 5.41) is 5.97. The van der Waals surface area contributed by atoms with Gasteiger partial charge in [0.05, 0.1) is 17.4 Å². The molecule has 1 aromatic heterocycles. The summed E-state index contributed by atoms with van der Waals surface area (Å²) < 4.78 is 2.01. The summed E-state index contributed by atoms with van der Waals surface area (Å²) in [6.45, 7) is 0.650. The van der Waals surface area contributed by atoms with E-state index in [2.05, 4.69) is 33.8 Å². The van der Waals surface area contributed by atoms with E-state index in [0.717, 1.165) is 30.3 Å². The molecule has 3 rings (SSSR count). The lowest BCUT2D eigenvalue weighted by Crippen LogP contribution is -2.41. The molecule has 0 atom stereocenters. The number of rotatable bonds is 4. The van der Waals surface area contributed by atoms with Crippen molar-refractivity contribution in [2.45, 2.75) is 38.1 Å². The molecule has 1 aliphatic carbocycles. The third kappa shape index (κ3) is 3.35. The monoisotopic (exact) mass is 286 g/mol. The standard InChI is InChI=1S/C16H22N4O/c1-20-11-18-14-10-12(6-7-15(14)20)8-9-17-16(21)19-13-4-2-3-5-13/h6-7,10-11,13H,2-5,8-9H2,1H3,(H2,17,19,21). The van der Waals surface area contributed by atoms with Crippen LogP contribution in [0.1, 0.15) is 31.2 Å². The van der Waals surface area contributed by atoms with Gasteiger partial charge in [-0.05, 0) is 37.0 Å². The minimum Gasteiger partial charge on any atom is -0.338 e. The fourth-order valence-electron chi connectivity index (χ4n) is 2.96. The second-order valence-electron chi connectivity index (χ2n) is 5.81. The molecule has 5 nitrogen and oxygen atoms in total. The number of carbonyl (C=O) groups excluding carboxylic acids is 1. The molecule has 0 aliphatic heterocycles. The Hall–Kier alpha value is -2.04. The van der Waals surface area contributed by atoms with Crippen LogP contribution in [0.4, 0.5) is 4.79 Å². The van der Waals surface area contributed by atoms with Crippen LogP contribution in [0.25, 0.3) is 11.0 Å². The average Bonchev–Trinajstić information content (AvgIpc) is 3.09. The molecule has 1 saturated carbocycles. The van der Waals surface area contributed by atoms with Gasteiger partial charge in [-0.3, -0.25) is 0 Å². The number of amides is 2. The zero-order chi connectivity index (χ0) is 14.7. The number of aryl methyl sites for hydroxylation is 1. The Morgan fingerprint density at radius 2 is 2.19 bits per heavy atom. The fraction of sp³-hybridized carbons (Fsp3) is 0.500. The molecule has 0 bridgehead atoms. The van der Waals surface area contributed by atoms with Gasteiger partial charge < -0.3 is 15.2 Å². The number of nitrogens with one attached hydrogen (secondary N) is 2. The summed E-state index contributed by atoms with van der Waals surface area (Å²) in [5.74, 6) is 0. The molecule has 21 heavy (non-hydrogen) atoms. The van der Waals surface area contributed by atoms with Crippen LogP contribution in [-0.2, 0) is 13.5 Å². The molecule has 0 radical (unpaired) electrons. The number of hydrogen-bond acceptors (Lipinski definition) is 2. The molecule has 2 N–H and O–H groups in total. The van der Waals surface area contributed by atoms with E-state index >= 15 is 0 Å². The fourth-order valence-corrected chi connectivity index (χ4v) is 2.96. The van der Waals surface area contributed by atoms with Crippen molar-refractivity contribution < 1.29 is 4.79 Å². The van der Waals surface area contributed by atoms with E-state index in [1.807, 2.05) is 17.9 Å². The highest BCUT2D eigenvalue weighted by Crippen LogP contribution is 2.17. The van der Waals surface area contributed by atoms with E-state index in [9.17, 15) is 4.79 Å². The average molecular weight is 286 g/mol.